The Morgan fingerprint density at radius 2 is 1.93 bits per heavy atom. The Bertz CT molecular complexity index is 952. The van der Waals surface area contributed by atoms with Crippen LogP contribution in [0.4, 0.5) is 17.3 Å². The van der Waals surface area contributed by atoms with Gasteiger partial charge in [-0.05, 0) is 38.1 Å². The number of nitrogens with one attached hydrogen (secondary N) is 2. The second-order valence-electron chi connectivity index (χ2n) is 5.47. The number of nitrogens with zero attached hydrogens (tertiary/aromatic N) is 3. The zero-order valence-corrected chi connectivity index (χ0v) is 14.7. The molecule has 9 nitrogen and oxygen atoms in total. The fourth-order valence-corrected chi connectivity index (χ4v) is 2.24. The number of carbonyl (C=O) groups is 2. The lowest BCUT2D eigenvalue weighted by Gasteiger charge is -2.10. The summed E-state index contributed by atoms with van der Waals surface area (Å²) in [7, 11) is 0. The number of esters is 1. The molecule has 0 atom stereocenters. The van der Waals surface area contributed by atoms with Crippen LogP contribution in [0.15, 0.2) is 47.0 Å². The number of hydrogen-bond acceptors (Lipinski definition) is 8. The molecular formula is C18H17N5O4. The van der Waals surface area contributed by atoms with Crippen molar-refractivity contribution >= 4 is 29.2 Å². The molecule has 0 saturated carbocycles. The summed E-state index contributed by atoms with van der Waals surface area (Å²) in [5, 5.41) is 17.1. The quantitative estimate of drug-likeness (QED) is 0.638. The predicted octanol–water partition coefficient (Wildman–Crippen LogP) is 2.95. The Morgan fingerprint density at radius 3 is 2.59 bits per heavy atom. The topological polar surface area (TPSA) is 119 Å². The Labute approximate surface area is 154 Å². The molecule has 27 heavy (non-hydrogen) atoms. The number of aryl methyl sites for hydroxylation is 1. The highest BCUT2D eigenvalue weighted by atomic mass is 16.5. The Hall–Kier alpha value is -3.75. The summed E-state index contributed by atoms with van der Waals surface area (Å²) >= 11 is 0. The van der Waals surface area contributed by atoms with E-state index in [1.54, 1.807) is 50.2 Å². The summed E-state index contributed by atoms with van der Waals surface area (Å²) in [6.07, 6.45) is 0. The van der Waals surface area contributed by atoms with Gasteiger partial charge in [-0.1, -0.05) is 17.3 Å². The van der Waals surface area contributed by atoms with Crippen LogP contribution >= 0.6 is 0 Å². The molecule has 0 aliphatic rings. The van der Waals surface area contributed by atoms with E-state index in [0.717, 1.165) is 0 Å². The average Bonchev–Trinajstić information content (AvgIpc) is 3.07. The van der Waals surface area contributed by atoms with Gasteiger partial charge in [0.25, 0.3) is 5.91 Å². The summed E-state index contributed by atoms with van der Waals surface area (Å²) < 4.78 is 9.92. The van der Waals surface area contributed by atoms with E-state index in [2.05, 4.69) is 26.0 Å². The smallest absolute Gasteiger partial charge is 0.340 e. The first-order chi connectivity index (χ1) is 13.1. The molecule has 1 amide bonds. The molecule has 0 fully saturated rings. The number of rotatable bonds is 6. The number of benzene rings is 1. The van der Waals surface area contributed by atoms with Gasteiger partial charge in [0.15, 0.2) is 17.3 Å². The van der Waals surface area contributed by atoms with Crippen molar-refractivity contribution in [3.63, 3.8) is 0 Å². The molecule has 2 N–H and O–H groups in total. The third-order valence-corrected chi connectivity index (χ3v) is 3.45. The van der Waals surface area contributed by atoms with Gasteiger partial charge in [-0.15, -0.1) is 10.2 Å². The van der Waals surface area contributed by atoms with Crippen LogP contribution in [0.25, 0.3) is 0 Å². The summed E-state index contributed by atoms with van der Waals surface area (Å²) in [6.45, 7) is 3.74. The summed E-state index contributed by atoms with van der Waals surface area (Å²) in [5.41, 5.74) is 1.02. The predicted molar refractivity (Wildman–Crippen MR) is 96.9 cm³/mol. The van der Waals surface area contributed by atoms with Crippen LogP contribution in [0.2, 0.25) is 0 Å². The van der Waals surface area contributed by atoms with E-state index in [9.17, 15) is 9.59 Å². The molecular weight excluding hydrogens is 350 g/mol. The van der Waals surface area contributed by atoms with Gasteiger partial charge >= 0.3 is 5.97 Å². The lowest BCUT2D eigenvalue weighted by Crippen LogP contribution is -2.15. The average molecular weight is 367 g/mol. The number of carbonyl (C=O) groups excluding carboxylic acids is 2. The van der Waals surface area contributed by atoms with Gasteiger partial charge in [0.05, 0.1) is 17.9 Å². The number of hydrogen-bond donors (Lipinski definition) is 2. The van der Waals surface area contributed by atoms with Crippen LogP contribution in [0.1, 0.15) is 33.5 Å². The van der Waals surface area contributed by atoms with Crippen molar-refractivity contribution < 1.29 is 18.8 Å². The van der Waals surface area contributed by atoms with Crippen molar-refractivity contribution in [3.05, 3.63) is 59.5 Å². The highest BCUT2D eigenvalue weighted by Crippen LogP contribution is 2.20. The minimum Gasteiger partial charge on any atom is -0.462 e. The Balaban J connectivity index is 1.71. The fourth-order valence-electron chi connectivity index (χ4n) is 2.24. The van der Waals surface area contributed by atoms with Gasteiger partial charge in [-0.2, -0.15) is 0 Å². The minimum absolute atomic E-state index is 0.111. The van der Waals surface area contributed by atoms with E-state index in [4.69, 9.17) is 9.26 Å². The molecule has 0 bridgehead atoms. The Kier molecular flexibility index (Phi) is 5.41. The zero-order chi connectivity index (χ0) is 19.2. The van der Waals surface area contributed by atoms with Crippen LogP contribution in [-0.4, -0.2) is 33.8 Å². The second-order valence-corrected chi connectivity index (χ2v) is 5.47. The molecule has 0 spiro atoms. The maximum atomic E-state index is 12.1. The summed E-state index contributed by atoms with van der Waals surface area (Å²) in [6, 6.07) is 11.6. The highest BCUT2D eigenvalue weighted by molar-refractivity contribution is 6.02. The maximum absolute atomic E-state index is 12.1. The summed E-state index contributed by atoms with van der Waals surface area (Å²) in [5.74, 6) is 0.350. The fraction of sp³-hybridized carbons (Fsp3) is 0.167. The number of aromatic nitrogens is 3. The molecule has 2 aromatic heterocycles. The molecule has 3 rings (SSSR count). The van der Waals surface area contributed by atoms with Gasteiger partial charge in [0.1, 0.15) is 5.76 Å². The highest BCUT2D eigenvalue weighted by Gasteiger charge is 2.14. The van der Waals surface area contributed by atoms with Crippen molar-refractivity contribution in [2.24, 2.45) is 0 Å². The van der Waals surface area contributed by atoms with E-state index in [0.29, 0.717) is 28.6 Å². The van der Waals surface area contributed by atoms with Crippen molar-refractivity contribution in [1.82, 2.24) is 15.4 Å². The largest absolute Gasteiger partial charge is 0.462 e. The van der Waals surface area contributed by atoms with Crippen molar-refractivity contribution in [2.75, 3.05) is 17.2 Å². The van der Waals surface area contributed by atoms with E-state index < -0.39 is 11.9 Å². The third-order valence-electron chi connectivity index (χ3n) is 3.45. The molecule has 3 aromatic rings. The number of amides is 1. The van der Waals surface area contributed by atoms with E-state index >= 15 is 0 Å². The molecule has 138 valence electrons. The van der Waals surface area contributed by atoms with Crippen LogP contribution in [0.3, 0.4) is 0 Å². The monoisotopic (exact) mass is 367 g/mol. The lowest BCUT2D eigenvalue weighted by atomic mass is 10.2. The van der Waals surface area contributed by atoms with Crippen LogP contribution in [-0.2, 0) is 4.74 Å². The molecule has 0 aliphatic heterocycles. The molecule has 9 heteroatoms. The number of para-hydroxylation sites is 1. The Morgan fingerprint density at radius 1 is 1.11 bits per heavy atom. The second kappa shape index (κ2) is 8.09. The minimum atomic E-state index is -0.464. The van der Waals surface area contributed by atoms with Crippen molar-refractivity contribution in [2.45, 2.75) is 13.8 Å². The lowest BCUT2D eigenvalue weighted by molar-refractivity contribution is 0.0527. The third kappa shape index (κ3) is 4.46. The van der Waals surface area contributed by atoms with Crippen LogP contribution < -0.4 is 10.6 Å². The zero-order valence-electron chi connectivity index (χ0n) is 14.7. The first-order valence-corrected chi connectivity index (χ1v) is 8.18. The van der Waals surface area contributed by atoms with E-state index in [1.807, 2.05) is 0 Å². The first-order valence-electron chi connectivity index (χ1n) is 8.18. The van der Waals surface area contributed by atoms with E-state index in [-0.39, 0.29) is 12.3 Å². The molecule has 0 saturated heterocycles. The molecule has 2 heterocycles. The van der Waals surface area contributed by atoms with Gasteiger partial charge in [-0.25, -0.2) is 4.79 Å². The first kappa shape index (κ1) is 18.1. The molecule has 0 aliphatic carbocycles. The van der Waals surface area contributed by atoms with Crippen molar-refractivity contribution in [1.29, 1.82) is 0 Å². The van der Waals surface area contributed by atoms with Crippen molar-refractivity contribution in [3.8, 4) is 0 Å². The summed E-state index contributed by atoms with van der Waals surface area (Å²) in [4.78, 5) is 24.1. The normalized spacial score (nSPS) is 10.3. The molecule has 1 aromatic carbocycles. The van der Waals surface area contributed by atoms with Gasteiger partial charge in [0, 0.05) is 6.07 Å². The van der Waals surface area contributed by atoms with Crippen LogP contribution in [0.5, 0.6) is 0 Å². The number of ether oxygens (including phenoxy) is 1. The standard InChI is InChI=1S/C18H17N5O4/c1-3-26-18(25)12-6-4-5-7-13(12)19-15-9-8-14(21-22-15)17(24)20-16-10-11(2)27-23-16/h4-10H,3H2,1-2H3,(H,19,22)(H,20,23,24). The van der Waals surface area contributed by atoms with Crippen LogP contribution in [0, 0.1) is 6.92 Å². The molecule has 0 radical (unpaired) electrons. The maximum Gasteiger partial charge on any atom is 0.340 e. The van der Waals surface area contributed by atoms with Gasteiger partial charge in [0.2, 0.25) is 0 Å². The van der Waals surface area contributed by atoms with E-state index in [1.165, 1.54) is 6.07 Å². The van der Waals surface area contributed by atoms with Gasteiger partial charge in [-0.3, -0.25) is 4.79 Å². The number of anilines is 3. The SMILES string of the molecule is CCOC(=O)c1ccccc1Nc1ccc(C(=O)Nc2cc(C)on2)nn1. The van der Waals surface area contributed by atoms with Gasteiger partial charge < -0.3 is 19.9 Å². The molecule has 0 unspecified atom stereocenters.